The Morgan fingerprint density at radius 1 is 1.80 bits per heavy atom. The summed E-state index contributed by atoms with van der Waals surface area (Å²) in [6.45, 7) is 2.13. The van der Waals surface area contributed by atoms with Crippen LogP contribution in [0.25, 0.3) is 0 Å². The number of nitriles is 1. The number of carbonyl (C=O) groups is 1. The van der Waals surface area contributed by atoms with Gasteiger partial charge in [-0.3, -0.25) is 4.84 Å². The maximum absolute atomic E-state index is 10.5. The fraction of sp³-hybridized carbons (Fsp3) is 0.600. The molecule has 0 aromatic heterocycles. The highest BCUT2D eigenvalue weighted by Gasteiger charge is 1.94. The third-order valence-electron chi connectivity index (χ3n) is 0.637. The monoisotopic (exact) mass is 143 g/mol. The lowest BCUT2D eigenvalue weighted by molar-refractivity contribution is 0.0711. The molecular weight excluding hydrogens is 134 g/mol. The van der Waals surface area contributed by atoms with E-state index >= 15 is 0 Å². The highest BCUT2D eigenvalue weighted by atomic mass is 16.7. The van der Waals surface area contributed by atoms with Crippen molar-refractivity contribution in [2.75, 3.05) is 13.2 Å². The van der Waals surface area contributed by atoms with Gasteiger partial charge in [-0.1, -0.05) is 0 Å². The second kappa shape index (κ2) is 5.85. The fourth-order valence-electron chi connectivity index (χ4n) is 0.294. The molecule has 0 radical (unpaired) electrons. The molecule has 5 nitrogen and oxygen atoms in total. The summed E-state index contributed by atoms with van der Waals surface area (Å²) < 4.78 is 0. The van der Waals surface area contributed by atoms with Crippen LogP contribution < -0.4 is 10.8 Å². The van der Waals surface area contributed by atoms with Gasteiger partial charge in [0.25, 0.3) is 0 Å². The van der Waals surface area contributed by atoms with Gasteiger partial charge in [-0.15, -0.1) is 0 Å². The van der Waals surface area contributed by atoms with Gasteiger partial charge in [0, 0.05) is 0 Å². The zero-order valence-electron chi connectivity index (χ0n) is 5.68. The number of rotatable bonds is 3. The average molecular weight is 143 g/mol. The first kappa shape index (κ1) is 8.72. The Labute approximate surface area is 58.9 Å². The first-order chi connectivity index (χ1) is 4.81. The number of nitrogens with one attached hydrogen (secondary N) is 2. The Kier molecular flexibility index (Phi) is 5.10. The van der Waals surface area contributed by atoms with Gasteiger partial charge in [0.2, 0.25) is 0 Å². The molecule has 56 valence electrons. The second-order valence-electron chi connectivity index (χ2n) is 1.38. The summed E-state index contributed by atoms with van der Waals surface area (Å²) in [4.78, 5) is 15.0. The van der Waals surface area contributed by atoms with Gasteiger partial charge in [0.15, 0.2) is 0 Å². The maximum Gasteiger partial charge on any atom is 0.339 e. The van der Waals surface area contributed by atoms with Crippen LogP contribution in [0.5, 0.6) is 0 Å². The summed E-state index contributed by atoms with van der Waals surface area (Å²) in [5.74, 6) is 0. The third-order valence-corrected chi connectivity index (χ3v) is 0.637. The molecule has 0 aliphatic carbocycles. The molecule has 0 aromatic carbocycles. The summed E-state index contributed by atoms with van der Waals surface area (Å²) >= 11 is 0. The first-order valence-electron chi connectivity index (χ1n) is 2.83. The molecule has 0 spiro atoms. The standard InChI is InChI=1S/C5H9N3O2/c1-2-10-8-5(9)7-4-3-6/h2,4H2,1H3,(H2,7,8,9). The van der Waals surface area contributed by atoms with E-state index < -0.39 is 6.03 Å². The van der Waals surface area contributed by atoms with E-state index in [1.165, 1.54) is 0 Å². The largest absolute Gasteiger partial charge is 0.339 e. The molecule has 0 atom stereocenters. The van der Waals surface area contributed by atoms with Crippen LogP contribution in [0, 0.1) is 11.3 Å². The van der Waals surface area contributed by atoms with Gasteiger partial charge in [-0.2, -0.15) is 5.26 Å². The van der Waals surface area contributed by atoms with E-state index in [1.54, 1.807) is 13.0 Å². The van der Waals surface area contributed by atoms with Crippen molar-refractivity contribution < 1.29 is 9.63 Å². The molecular formula is C5H9N3O2. The van der Waals surface area contributed by atoms with E-state index in [1.807, 2.05) is 0 Å². The van der Waals surface area contributed by atoms with Crippen LogP contribution >= 0.6 is 0 Å². The number of hydroxylamine groups is 1. The van der Waals surface area contributed by atoms with Gasteiger partial charge >= 0.3 is 6.03 Å². The lowest BCUT2D eigenvalue weighted by Crippen LogP contribution is -2.35. The second-order valence-corrected chi connectivity index (χ2v) is 1.38. The van der Waals surface area contributed by atoms with Crippen molar-refractivity contribution >= 4 is 6.03 Å². The van der Waals surface area contributed by atoms with Gasteiger partial charge < -0.3 is 5.32 Å². The van der Waals surface area contributed by atoms with Crippen LogP contribution in [0.2, 0.25) is 0 Å². The van der Waals surface area contributed by atoms with E-state index in [9.17, 15) is 4.79 Å². The minimum Gasteiger partial charge on any atom is -0.323 e. The molecule has 2 amide bonds. The number of hydrogen-bond acceptors (Lipinski definition) is 3. The van der Waals surface area contributed by atoms with Crippen molar-refractivity contribution in [3.8, 4) is 6.07 Å². The minimum absolute atomic E-state index is 0.0150. The summed E-state index contributed by atoms with van der Waals surface area (Å²) in [6.07, 6.45) is 0. The smallest absolute Gasteiger partial charge is 0.323 e. The normalized spacial score (nSPS) is 8.00. The van der Waals surface area contributed by atoms with Gasteiger partial charge in [-0.05, 0) is 6.92 Å². The van der Waals surface area contributed by atoms with Crippen LogP contribution in [0.1, 0.15) is 6.92 Å². The topological polar surface area (TPSA) is 74.2 Å². The third kappa shape index (κ3) is 4.87. The van der Waals surface area contributed by atoms with E-state index in [4.69, 9.17) is 5.26 Å². The molecule has 0 saturated carbocycles. The SMILES string of the molecule is CCONC(=O)NCC#N. The molecule has 0 fully saturated rings. The first-order valence-corrected chi connectivity index (χ1v) is 2.83. The van der Waals surface area contributed by atoms with Crippen molar-refractivity contribution in [1.82, 2.24) is 10.8 Å². The van der Waals surface area contributed by atoms with Crippen molar-refractivity contribution in [2.45, 2.75) is 6.92 Å². The number of carbonyl (C=O) groups excluding carboxylic acids is 1. The van der Waals surface area contributed by atoms with Crippen LogP contribution in [0.15, 0.2) is 0 Å². The van der Waals surface area contributed by atoms with Crippen LogP contribution in [-0.4, -0.2) is 19.2 Å². The van der Waals surface area contributed by atoms with E-state index in [0.717, 1.165) is 0 Å². The molecule has 0 rings (SSSR count). The molecule has 5 heteroatoms. The number of amides is 2. The number of hydrogen-bond donors (Lipinski definition) is 2. The molecule has 0 unspecified atom stereocenters. The van der Waals surface area contributed by atoms with Gasteiger partial charge in [-0.25, -0.2) is 10.3 Å². The Hall–Kier alpha value is -1.28. The van der Waals surface area contributed by atoms with E-state index in [-0.39, 0.29) is 6.54 Å². The molecule has 0 aliphatic heterocycles. The zero-order chi connectivity index (χ0) is 7.82. The summed E-state index contributed by atoms with van der Waals surface area (Å²) in [6, 6.07) is 1.25. The van der Waals surface area contributed by atoms with Crippen molar-refractivity contribution in [1.29, 1.82) is 5.26 Å². The molecule has 0 heterocycles. The van der Waals surface area contributed by atoms with Crippen LogP contribution in [-0.2, 0) is 4.84 Å². The predicted octanol–water partition coefficient (Wildman–Crippen LogP) is -0.239. The molecule has 0 aromatic rings. The Morgan fingerprint density at radius 2 is 2.50 bits per heavy atom. The van der Waals surface area contributed by atoms with Crippen molar-refractivity contribution in [3.63, 3.8) is 0 Å². The Balaban J connectivity index is 3.19. The van der Waals surface area contributed by atoms with E-state index in [0.29, 0.717) is 6.61 Å². The lowest BCUT2D eigenvalue weighted by Gasteiger charge is -2.01. The molecule has 0 aliphatic rings. The molecule has 10 heavy (non-hydrogen) atoms. The Bertz CT molecular complexity index is 140. The van der Waals surface area contributed by atoms with Gasteiger partial charge in [0.05, 0.1) is 12.7 Å². The Morgan fingerprint density at radius 3 is 3.00 bits per heavy atom. The minimum atomic E-state index is -0.497. The fourth-order valence-corrected chi connectivity index (χ4v) is 0.294. The number of nitrogens with zero attached hydrogens (tertiary/aromatic N) is 1. The van der Waals surface area contributed by atoms with Gasteiger partial charge in [0.1, 0.15) is 6.54 Å². The van der Waals surface area contributed by atoms with Crippen molar-refractivity contribution in [3.05, 3.63) is 0 Å². The summed E-state index contributed by atoms with van der Waals surface area (Å²) in [5, 5.41) is 10.2. The highest BCUT2D eigenvalue weighted by molar-refractivity contribution is 5.72. The summed E-state index contributed by atoms with van der Waals surface area (Å²) in [5.41, 5.74) is 2.07. The zero-order valence-corrected chi connectivity index (χ0v) is 5.68. The highest BCUT2D eigenvalue weighted by Crippen LogP contribution is 1.65. The molecule has 0 bridgehead atoms. The summed E-state index contributed by atoms with van der Waals surface area (Å²) in [7, 11) is 0. The molecule has 2 N–H and O–H groups in total. The van der Waals surface area contributed by atoms with Crippen molar-refractivity contribution in [2.24, 2.45) is 0 Å². The molecule has 0 saturated heterocycles. The van der Waals surface area contributed by atoms with Crippen LogP contribution in [0.3, 0.4) is 0 Å². The maximum atomic E-state index is 10.5. The van der Waals surface area contributed by atoms with Crippen LogP contribution in [0.4, 0.5) is 4.79 Å². The predicted molar refractivity (Wildman–Crippen MR) is 33.8 cm³/mol. The number of urea groups is 1. The quantitative estimate of drug-likeness (QED) is 0.423. The lowest BCUT2D eigenvalue weighted by atomic mass is 10.7. The average Bonchev–Trinajstić information content (AvgIpc) is 1.97. The van der Waals surface area contributed by atoms with E-state index in [2.05, 4.69) is 15.6 Å².